The van der Waals surface area contributed by atoms with Crippen molar-refractivity contribution < 1.29 is 18.3 Å². The molecule has 8 heteroatoms. The van der Waals surface area contributed by atoms with Crippen LogP contribution in [-0.4, -0.2) is 61.8 Å². The number of nitrogens with zero attached hydrogens (tertiary/aromatic N) is 2. The van der Waals surface area contributed by atoms with Gasteiger partial charge in [0.15, 0.2) is 0 Å². The molecule has 1 aromatic rings. The molecule has 0 spiro atoms. The van der Waals surface area contributed by atoms with Crippen LogP contribution < -0.4 is 5.32 Å². The fourth-order valence-electron chi connectivity index (χ4n) is 3.02. The van der Waals surface area contributed by atoms with Crippen LogP contribution in [0.2, 0.25) is 0 Å². The van der Waals surface area contributed by atoms with Crippen LogP contribution in [0.5, 0.6) is 0 Å². The van der Waals surface area contributed by atoms with Gasteiger partial charge in [-0.25, -0.2) is 8.78 Å². The molecule has 2 N–H and O–H groups in total. The Kier molecular flexibility index (Phi) is 5.98. The minimum Gasteiger partial charge on any atom is -0.486 e. The summed E-state index contributed by atoms with van der Waals surface area (Å²) in [5.41, 5.74) is 0.418. The Bertz CT molecular complexity index is 764. The maximum atomic E-state index is 13.5. The topological polar surface area (TPSA) is 68.7 Å². The largest absolute Gasteiger partial charge is 0.486 e. The molecule has 152 valence electrons. The fourth-order valence-corrected chi connectivity index (χ4v) is 3.02. The molecule has 3 rings (SSSR count). The van der Waals surface area contributed by atoms with E-state index in [1.54, 1.807) is 0 Å². The Hall–Kier alpha value is -2.48. The summed E-state index contributed by atoms with van der Waals surface area (Å²) in [6.45, 7) is 5.36. The number of allylic oxidation sites excluding steroid dienone is 1. The quantitative estimate of drug-likeness (QED) is 0.425. The first-order valence-corrected chi connectivity index (χ1v) is 9.38. The number of hydrogen-bond acceptors (Lipinski definition) is 5. The van der Waals surface area contributed by atoms with Crippen molar-refractivity contribution in [1.29, 1.82) is 5.41 Å². The van der Waals surface area contributed by atoms with E-state index in [9.17, 15) is 13.6 Å². The summed E-state index contributed by atoms with van der Waals surface area (Å²) in [5.74, 6) is -2.17. The van der Waals surface area contributed by atoms with Gasteiger partial charge in [0.1, 0.15) is 17.3 Å². The number of amides is 1. The van der Waals surface area contributed by atoms with E-state index in [2.05, 4.69) is 17.1 Å². The maximum Gasteiger partial charge on any atom is 0.293 e. The highest BCUT2D eigenvalue weighted by Gasteiger charge is 2.39. The number of benzene rings is 1. The third kappa shape index (κ3) is 5.07. The molecule has 0 atom stereocenters. The van der Waals surface area contributed by atoms with E-state index in [1.165, 1.54) is 0 Å². The summed E-state index contributed by atoms with van der Waals surface area (Å²) in [6.07, 6.45) is 3.15. The molecule has 1 aliphatic heterocycles. The van der Waals surface area contributed by atoms with Crippen molar-refractivity contribution in [3.8, 4) is 0 Å². The van der Waals surface area contributed by atoms with Crippen LogP contribution in [-0.2, 0) is 9.53 Å². The van der Waals surface area contributed by atoms with E-state index in [0.717, 1.165) is 50.3 Å². The monoisotopic (exact) mass is 392 g/mol. The number of likely N-dealkylation sites (N-methyl/N-ethyl adjacent to an activating group) is 1. The van der Waals surface area contributed by atoms with Crippen molar-refractivity contribution in [3.63, 3.8) is 0 Å². The molecule has 0 bridgehead atoms. The lowest BCUT2D eigenvalue weighted by molar-refractivity contribution is -0.116. The first kappa shape index (κ1) is 20.3. The molecular formula is C20H26F2N4O2. The molecule has 28 heavy (non-hydrogen) atoms. The van der Waals surface area contributed by atoms with Gasteiger partial charge in [-0.3, -0.25) is 4.79 Å². The van der Waals surface area contributed by atoms with Crippen LogP contribution in [0.15, 0.2) is 29.7 Å². The Morgan fingerprint density at radius 3 is 2.36 bits per heavy atom. The fraction of sp³-hybridized carbons (Fsp3) is 0.500. The number of rotatable bonds is 7. The van der Waals surface area contributed by atoms with E-state index in [1.807, 2.05) is 11.9 Å². The van der Waals surface area contributed by atoms with Crippen LogP contribution in [0, 0.1) is 22.5 Å². The van der Waals surface area contributed by atoms with Crippen molar-refractivity contribution in [2.75, 3.05) is 45.2 Å². The van der Waals surface area contributed by atoms with Crippen LogP contribution in [0.3, 0.4) is 0 Å². The third-order valence-electron chi connectivity index (χ3n) is 5.21. The van der Waals surface area contributed by atoms with Gasteiger partial charge in [-0.2, -0.15) is 0 Å². The van der Waals surface area contributed by atoms with Crippen LogP contribution in [0.4, 0.5) is 14.5 Å². The molecular weight excluding hydrogens is 366 g/mol. The molecule has 1 amide bonds. The number of piperazine rings is 1. The van der Waals surface area contributed by atoms with Gasteiger partial charge in [0, 0.05) is 49.6 Å². The molecule has 1 heterocycles. The molecule has 1 saturated heterocycles. The summed E-state index contributed by atoms with van der Waals surface area (Å²) in [6, 6.07) is 2.82. The van der Waals surface area contributed by atoms with E-state index in [0.29, 0.717) is 25.4 Å². The van der Waals surface area contributed by atoms with Gasteiger partial charge in [-0.1, -0.05) is 6.92 Å². The van der Waals surface area contributed by atoms with E-state index in [-0.39, 0.29) is 16.9 Å². The number of nitrogens with one attached hydrogen (secondary N) is 2. The zero-order chi connectivity index (χ0) is 20.3. The Morgan fingerprint density at radius 1 is 1.21 bits per heavy atom. The number of hydrogen-bond donors (Lipinski definition) is 2. The maximum absolute atomic E-state index is 13.5. The Labute approximate surface area is 163 Å². The number of ether oxygens (including phenoxy) is 1. The van der Waals surface area contributed by atoms with Crippen molar-refractivity contribution in [1.82, 2.24) is 9.80 Å². The average molecular weight is 392 g/mol. The smallest absolute Gasteiger partial charge is 0.293 e. The van der Waals surface area contributed by atoms with Gasteiger partial charge in [0.2, 0.25) is 5.76 Å². The predicted molar refractivity (Wildman–Crippen MR) is 103 cm³/mol. The molecule has 0 aromatic heterocycles. The second-order valence-electron chi connectivity index (χ2n) is 7.86. The lowest BCUT2D eigenvalue weighted by atomic mass is 10.2. The van der Waals surface area contributed by atoms with E-state index >= 15 is 0 Å². The first-order valence-electron chi connectivity index (χ1n) is 9.38. The molecule has 0 radical (unpaired) electrons. The third-order valence-corrected chi connectivity index (χ3v) is 5.21. The SMILES string of the molecule is CN1CCN(/C(C=N)=C(\OCC2(C)CC2)C(=O)Nc2cc(F)cc(F)c2)CC1. The minimum atomic E-state index is -0.779. The highest BCUT2D eigenvalue weighted by atomic mass is 19.1. The van der Waals surface area contributed by atoms with Crippen molar-refractivity contribution in [2.24, 2.45) is 5.41 Å². The summed E-state index contributed by atoms with van der Waals surface area (Å²) < 4.78 is 32.8. The summed E-state index contributed by atoms with van der Waals surface area (Å²) in [4.78, 5) is 17.0. The standard InChI is InChI=1S/C20H26F2N4O2/c1-20(3-4-20)13-28-18(17(12-23)26-7-5-25(2)6-8-26)19(27)24-16-10-14(21)9-15(22)11-16/h9-12,23H,3-8,13H2,1-2H3,(H,24,27)/b18-17-,23-12?. The molecule has 0 unspecified atom stereocenters. The molecule has 2 fully saturated rings. The normalized spacial score (nSPS) is 19.6. The van der Waals surface area contributed by atoms with E-state index < -0.39 is 17.5 Å². The molecule has 2 aliphatic rings. The van der Waals surface area contributed by atoms with Crippen molar-refractivity contribution in [3.05, 3.63) is 41.3 Å². The van der Waals surface area contributed by atoms with Gasteiger partial charge >= 0.3 is 0 Å². The van der Waals surface area contributed by atoms with Crippen LogP contribution >= 0.6 is 0 Å². The predicted octanol–water partition coefficient (Wildman–Crippen LogP) is 2.83. The highest BCUT2D eigenvalue weighted by molar-refractivity contribution is 6.05. The number of halogens is 2. The van der Waals surface area contributed by atoms with Crippen molar-refractivity contribution >= 4 is 17.8 Å². The second-order valence-corrected chi connectivity index (χ2v) is 7.86. The Morgan fingerprint density at radius 2 is 1.82 bits per heavy atom. The second kappa shape index (κ2) is 8.26. The summed E-state index contributed by atoms with van der Waals surface area (Å²) >= 11 is 0. The van der Waals surface area contributed by atoms with Crippen LogP contribution in [0.1, 0.15) is 19.8 Å². The van der Waals surface area contributed by atoms with Gasteiger partial charge < -0.3 is 25.3 Å². The minimum absolute atomic E-state index is 0.00365. The van der Waals surface area contributed by atoms with Gasteiger partial charge in [-0.15, -0.1) is 0 Å². The average Bonchev–Trinajstić information content (AvgIpc) is 3.36. The molecule has 1 saturated carbocycles. The van der Waals surface area contributed by atoms with Gasteiger partial charge in [0.05, 0.1) is 6.61 Å². The summed E-state index contributed by atoms with van der Waals surface area (Å²) in [5, 5.41) is 10.4. The zero-order valence-electron chi connectivity index (χ0n) is 16.2. The first-order chi connectivity index (χ1) is 13.3. The number of anilines is 1. The zero-order valence-corrected chi connectivity index (χ0v) is 16.2. The highest BCUT2D eigenvalue weighted by Crippen LogP contribution is 2.45. The van der Waals surface area contributed by atoms with Gasteiger partial charge in [-0.05, 0) is 32.0 Å². The van der Waals surface area contributed by atoms with Crippen LogP contribution in [0.25, 0.3) is 0 Å². The lowest BCUT2D eigenvalue weighted by Crippen LogP contribution is -2.45. The molecule has 6 nitrogen and oxygen atoms in total. The molecule has 1 aliphatic carbocycles. The Balaban J connectivity index is 1.85. The number of carbonyl (C=O) groups excluding carboxylic acids is 1. The molecule has 1 aromatic carbocycles. The lowest BCUT2D eigenvalue weighted by Gasteiger charge is -2.35. The van der Waals surface area contributed by atoms with Gasteiger partial charge in [0.25, 0.3) is 5.91 Å². The number of carbonyl (C=O) groups is 1. The summed E-state index contributed by atoms with van der Waals surface area (Å²) in [7, 11) is 2.02. The van der Waals surface area contributed by atoms with Crippen molar-refractivity contribution in [2.45, 2.75) is 19.8 Å². The van der Waals surface area contributed by atoms with E-state index in [4.69, 9.17) is 10.1 Å².